The molecule has 1 N–H and O–H groups in total. The number of amides is 2. The Morgan fingerprint density at radius 2 is 1.46 bits per heavy atom. The number of rotatable bonds is 18. The molecule has 13 heteroatoms. The lowest BCUT2D eigenvalue weighted by atomic mass is 10.1. The molecule has 11 nitrogen and oxygen atoms in total. The number of hydrogen-bond acceptors (Lipinski definition) is 11. The zero-order chi connectivity index (χ0) is 35.3. The molecule has 0 saturated heterocycles. The molecule has 3 rings (SSSR count). The number of nitrogens with one attached hydrogen (secondary N) is 1. The minimum absolute atomic E-state index is 0.119. The first-order valence-electron chi connectivity index (χ1n) is 15.4. The molecule has 48 heavy (non-hydrogen) atoms. The predicted molar refractivity (Wildman–Crippen MR) is 190 cm³/mol. The maximum absolute atomic E-state index is 13.4. The summed E-state index contributed by atoms with van der Waals surface area (Å²) >= 11 is 0. The van der Waals surface area contributed by atoms with Gasteiger partial charge in [0.1, 0.15) is 0 Å². The molecule has 0 saturated carbocycles. The molecule has 2 amide bonds. The summed E-state index contributed by atoms with van der Waals surface area (Å²) in [7, 11) is 9.23. The van der Waals surface area contributed by atoms with Gasteiger partial charge < -0.3 is 33.9 Å². The summed E-state index contributed by atoms with van der Waals surface area (Å²) in [6.07, 6.45) is 7.47. The lowest BCUT2D eigenvalue weighted by molar-refractivity contribution is -0.130. The van der Waals surface area contributed by atoms with Gasteiger partial charge in [-0.05, 0) is 67.8 Å². The van der Waals surface area contributed by atoms with Gasteiger partial charge in [-0.15, -0.1) is 0 Å². The van der Waals surface area contributed by atoms with Crippen LogP contribution in [0.3, 0.4) is 0 Å². The summed E-state index contributed by atoms with van der Waals surface area (Å²) in [5, 5.41) is 2.53. The molecule has 0 unspecified atom stereocenters. The summed E-state index contributed by atoms with van der Waals surface area (Å²) in [4.78, 5) is 51.2. The molecule has 0 atom stereocenters. The van der Waals surface area contributed by atoms with Crippen LogP contribution in [0.4, 0.5) is 4.79 Å². The standard InChI is InChI=1S/C35H44N2O9S2/c1-8-9-16-37(17-18-47-48-35(2,3)22-31(40)36-32-25(38)13-14-26(32)39)34(41)46-28-19-23(12-15-27(28)42-4)10-11-24-20-29(43-5)33(45-7)30(21-24)44-6/h10-15,19-21,32H,8-9,16-18,22H2,1-7H3,(H,36,40)/b11-10-. The van der Waals surface area contributed by atoms with E-state index in [9.17, 15) is 19.2 Å². The fourth-order valence-corrected chi connectivity index (χ4v) is 7.18. The minimum Gasteiger partial charge on any atom is -0.493 e. The largest absolute Gasteiger partial charge is 0.493 e. The number of ether oxygens (including phenoxy) is 5. The van der Waals surface area contributed by atoms with Gasteiger partial charge in [0.05, 0.1) is 28.4 Å². The van der Waals surface area contributed by atoms with E-state index in [-0.39, 0.29) is 12.3 Å². The summed E-state index contributed by atoms with van der Waals surface area (Å²) in [6, 6.07) is 7.88. The molecule has 2 aromatic rings. The topological polar surface area (TPSA) is 130 Å². The van der Waals surface area contributed by atoms with Crippen molar-refractivity contribution in [1.29, 1.82) is 0 Å². The van der Waals surface area contributed by atoms with Gasteiger partial charge in [-0.25, -0.2) is 4.79 Å². The molecule has 1 aliphatic carbocycles. The quantitative estimate of drug-likeness (QED) is 0.0822. The van der Waals surface area contributed by atoms with Crippen LogP contribution in [0.1, 0.15) is 51.2 Å². The van der Waals surface area contributed by atoms with Crippen molar-refractivity contribution in [3.63, 3.8) is 0 Å². The minimum atomic E-state index is -1.12. The van der Waals surface area contributed by atoms with Gasteiger partial charge in [0.15, 0.2) is 40.6 Å². The van der Waals surface area contributed by atoms with Gasteiger partial charge in [0.25, 0.3) is 0 Å². The van der Waals surface area contributed by atoms with E-state index >= 15 is 0 Å². The Bertz CT molecular complexity index is 1480. The molecule has 260 valence electrons. The second-order valence-corrected chi connectivity index (χ2v) is 14.5. The highest BCUT2D eigenvalue weighted by atomic mass is 33.1. The van der Waals surface area contributed by atoms with Crippen LogP contribution in [-0.2, 0) is 14.4 Å². The first kappa shape index (κ1) is 38.3. The first-order chi connectivity index (χ1) is 22.9. The van der Waals surface area contributed by atoms with Crippen molar-refractivity contribution in [3.05, 3.63) is 53.6 Å². The van der Waals surface area contributed by atoms with E-state index in [1.165, 1.54) is 40.8 Å². The fourth-order valence-electron chi connectivity index (χ4n) is 4.68. The van der Waals surface area contributed by atoms with E-state index in [1.54, 1.807) is 38.4 Å². The Kier molecular flexibility index (Phi) is 14.7. The molecule has 1 aliphatic rings. The van der Waals surface area contributed by atoms with E-state index in [0.29, 0.717) is 47.6 Å². The third-order valence-corrected chi connectivity index (χ3v) is 10.5. The monoisotopic (exact) mass is 700 g/mol. The van der Waals surface area contributed by atoms with E-state index in [1.807, 2.05) is 44.2 Å². The third kappa shape index (κ3) is 11.0. The molecule has 0 spiro atoms. The van der Waals surface area contributed by atoms with Crippen LogP contribution >= 0.6 is 21.6 Å². The number of hydrogen-bond donors (Lipinski definition) is 1. The Morgan fingerprint density at radius 3 is 2.04 bits per heavy atom. The molecule has 0 heterocycles. The van der Waals surface area contributed by atoms with E-state index < -0.39 is 28.4 Å². The molecule has 0 aliphatic heterocycles. The van der Waals surface area contributed by atoms with Crippen LogP contribution < -0.4 is 29.0 Å². The van der Waals surface area contributed by atoms with Crippen molar-refractivity contribution in [2.24, 2.45) is 0 Å². The molecular weight excluding hydrogens is 657 g/mol. The van der Waals surface area contributed by atoms with Gasteiger partial charge >= 0.3 is 6.09 Å². The number of benzene rings is 2. The van der Waals surface area contributed by atoms with Crippen LogP contribution in [0, 0.1) is 0 Å². The lowest BCUT2D eigenvalue weighted by Gasteiger charge is -2.25. The number of carbonyl (C=O) groups excluding carboxylic acids is 4. The fraction of sp³-hybridized carbons (Fsp3) is 0.429. The van der Waals surface area contributed by atoms with Crippen LogP contribution in [-0.4, -0.2) is 86.5 Å². The van der Waals surface area contributed by atoms with E-state index in [4.69, 9.17) is 23.7 Å². The smallest absolute Gasteiger partial charge is 0.415 e. The van der Waals surface area contributed by atoms with Crippen LogP contribution in [0.15, 0.2) is 42.5 Å². The van der Waals surface area contributed by atoms with Gasteiger partial charge in [0.2, 0.25) is 11.7 Å². The first-order valence-corrected chi connectivity index (χ1v) is 17.8. The zero-order valence-corrected chi connectivity index (χ0v) is 30.1. The normalized spacial score (nSPS) is 13.1. The summed E-state index contributed by atoms with van der Waals surface area (Å²) in [5.74, 6) is 1.68. The Balaban J connectivity index is 1.62. The van der Waals surface area contributed by atoms with Gasteiger partial charge in [-0.3, -0.25) is 14.4 Å². The molecule has 0 aromatic heterocycles. The van der Waals surface area contributed by atoms with Gasteiger partial charge in [-0.1, -0.05) is 53.2 Å². The van der Waals surface area contributed by atoms with Gasteiger partial charge in [-0.2, -0.15) is 0 Å². The average Bonchev–Trinajstić information content (AvgIpc) is 3.38. The Morgan fingerprint density at radius 1 is 0.854 bits per heavy atom. The number of nitrogens with zero attached hydrogens (tertiary/aromatic N) is 1. The maximum Gasteiger partial charge on any atom is 0.415 e. The van der Waals surface area contributed by atoms with Crippen molar-refractivity contribution >= 4 is 57.3 Å². The van der Waals surface area contributed by atoms with E-state index in [0.717, 1.165) is 24.0 Å². The molecule has 0 fully saturated rings. The lowest BCUT2D eigenvalue weighted by Crippen LogP contribution is -2.44. The Labute approximate surface area is 290 Å². The van der Waals surface area contributed by atoms with Crippen LogP contribution in [0.2, 0.25) is 0 Å². The van der Waals surface area contributed by atoms with Crippen LogP contribution in [0.5, 0.6) is 28.7 Å². The molecule has 2 aromatic carbocycles. The van der Waals surface area contributed by atoms with Crippen molar-refractivity contribution in [1.82, 2.24) is 10.2 Å². The highest BCUT2D eigenvalue weighted by molar-refractivity contribution is 8.77. The number of carbonyl (C=O) groups is 4. The van der Waals surface area contributed by atoms with Crippen molar-refractivity contribution in [3.8, 4) is 28.7 Å². The molecular formula is C35H44N2O9S2. The Hall–Kier alpha value is -4.10. The number of unbranched alkanes of at least 4 members (excludes halogenated alkanes) is 1. The predicted octanol–water partition coefficient (Wildman–Crippen LogP) is 6.24. The molecule has 0 bridgehead atoms. The van der Waals surface area contributed by atoms with Crippen LogP contribution in [0.25, 0.3) is 12.2 Å². The molecule has 0 radical (unpaired) electrons. The van der Waals surface area contributed by atoms with Crippen molar-refractivity contribution in [2.45, 2.75) is 50.8 Å². The van der Waals surface area contributed by atoms with Gasteiger partial charge in [0, 0.05) is 30.0 Å². The number of methoxy groups -OCH3 is 4. The summed E-state index contributed by atoms with van der Waals surface area (Å²) in [5.41, 5.74) is 1.60. The van der Waals surface area contributed by atoms with E-state index in [2.05, 4.69) is 12.2 Å². The number of ketones is 2. The summed E-state index contributed by atoms with van der Waals surface area (Å²) in [6.45, 7) is 6.83. The van der Waals surface area contributed by atoms with Crippen molar-refractivity contribution in [2.75, 3.05) is 47.3 Å². The van der Waals surface area contributed by atoms with Crippen molar-refractivity contribution < 1.29 is 42.9 Å². The average molecular weight is 701 g/mol. The second-order valence-electron chi connectivity index (χ2n) is 11.4. The summed E-state index contributed by atoms with van der Waals surface area (Å²) < 4.78 is 27.2. The third-order valence-electron chi connectivity index (χ3n) is 7.18. The zero-order valence-electron chi connectivity index (χ0n) is 28.5. The SMILES string of the molecule is CCCCN(CCSSC(C)(C)CC(=O)NC1C(=O)C=CC1=O)C(=O)Oc1cc(/C=C\c2cc(OC)c(OC)c(OC)c2)ccc1OC. The highest BCUT2D eigenvalue weighted by Crippen LogP contribution is 2.39. The highest BCUT2D eigenvalue weighted by Gasteiger charge is 2.32. The second kappa shape index (κ2) is 18.4. The maximum atomic E-state index is 13.4.